The van der Waals surface area contributed by atoms with Crippen LogP contribution in [0.15, 0.2) is 72.8 Å². The molecule has 2 aliphatic carbocycles. The van der Waals surface area contributed by atoms with E-state index in [9.17, 15) is 5.11 Å². The second-order valence-corrected chi connectivity index (χ2v) is 13.2. The number of nitrogens with zero attached hydrogens (tertiary/aromatic N) is 1. The second kappa shape index (κ2) is 17.1. The Morgan fingerprint density at radius 2 is 1.33 bits per heavy atom. The summed E-state index contributed by atoms with van der Waals surface area (Å²) in [4.78, 5) is 0. The Kier molecular flexibility index (Phi) is 14.1. The van der Waals surface area contributed by atoms with Gasteiger partial charge in [0.05, 0.1) is 12.0 Å². The molecule has 6 rings (SSSR count). The number of hydrogen-bond donors (Lipinski definition) is 1. The zero-order chi connectivity index (χ0) is 32.7. The third-order valence-electron chi connectivity index (χ3n) is 9.24. The molecule has 0 aromatic heterocycles. The van der Waals surface area contributed by atoms with E-state index in [-0.39, 0.29) is 28.4 Å². The molecule has 3 fully saturated rings. The summed E-state index contributed by atoms with van der Waals surface area (Å²) in [6.07, 6.45) is 13.3. The zero-order valence-corrected chi connectivity index (χ0v) is 30.1. The minimum Gasteiger partial charge on any atom is -0.579 e. The summed E-state index contributed by atoms with van der Waals surface area (Å²) in [6.45, 7) is 21.5. The van der Waals surface area contributed by atoms with Crippen LogP contribution in [0.25, 0.3) is 5.57 Å². The molecule has 0 amide bonds. The summed E-state index contributed by atoms with van der Waals surface area (Å²) < 4.78 is 8.09. The first-order valence-corrected chi connectivity index (χ1v) is 16.1. The summed E-state index contributed by atoms with van der Waals surface area (Å²) >= 11 is 0. The predicted octanol–water partition coefficient (Wildman–Crippen LogP) is 8.16. The Morgan fingerprint density at radius 1 is 0.783 bits per heavy atom. The molecule has 2 heterocycles. The molecule has 0 spiro atoms. The summed E-state index contributed by atoms with van der Waals surface area (Å²) in [5, 5.41) is 15.6. The van der Waals surface area contributed by atoms with E-state index in [1.807, 2.05) is 60.8 Å². The van der Waals surface area contributed by atoms with Crippen LogP contribution >= 0.6 is 0 Å². The molecule has 0 bridgehead atoms. The quantitative estimate of drug-likeness (QED) is 0.206. The normalized spacial score (nSPS) is 20.6. The number of nitrogens with one attached hydrogen (secondary N) is 1. The molecule has 244 valence electrons. The third kappa shape index (κ3) is 9.32. The van der Waals surface area contributed by atoms with Crippen LogP contribution in [0.2, 0.25) is 0 Å². The van der Waals surface area contributed by atoms with Crippen LogP contribution in [0.1, 0.15) is 86.3 Å². The van der Waals surface area contributed by atoms with Crippen molar-refractivity contribution in [3.05, 3.63) is 145 Å². The smallest absolute Gasteiger partial charge is 0.187 e. The van der Waals surface area contributed by atoms with Gasteiger partial charge in [-0.2, -0.15) is 0 Å². The summed E-state index contributed by atoms with van der Waals surface area (Å²) in [5.41, 5.74) is 3.84. The molecule has 46 heavy (non-hydrogen) atoms. The van der Waals surface area contributed by atoms with Gasteiger partial charge in [0.25, 0.3) is 0 Å². The predicted molar refractivity (Wildman–Crippen MR) is 185 cm³/mol. The van der Waals surface area contributed by atoms with Crippen molar-refractivity contribution in [1.82, 2.24) is 5.32 Å². The van der Waals surface area contributed by atoms with Gasteiger partial charge in [0.2, 0.25) is 0 Å². The van der Waals surface area contributed by atoms with Crippen LogP contribution in [0.3, 0.4) is 0 Å². The van der Waals surface area contributed by atoms with Gasteiger partial charge >= 0.3 is 0 Å². The van der Waals surface area contributed by atoms with E-state index < -0.39 is 0 Å². The number of benzene rings is 2. The first kappa shape index (κ1) is 38.0. The van der Waals surface area contributed by atoms with Crippen LogP contribution in [-0.2, 0) is 22.5 Å². The van der Waals surface area contributed by atoms with Gasteiger partial charge in [0.15, 0.2) is 5.71 Å². The molecule has 0 atom stereocenters. The van der Waals surface area contributed by atoms with Crippen molar-refractivity contribution in [3.8, 4) is 5.75 Å². The van der Waals surface area contributed by atoms with E-state index in [1.54, 1.807) is 6.92 Å². The minimum atomic E-state index is -0.308. The molecule has 4 nitrogen and oxygen atoms in total. The standard InChI is InChI=1S/C19H22O2.C12H14N2.C10H15.Fe/c1-14(15-10-6-5-7-11-15)18(20)21-17-13-9-8-12-16(17)19(2,3)4;1-2-9-14(8-1)12-6-7-13-11-5-3-4-10(11)12;1-6-7(2)9(4)10(5)8(6)3;/h5-13,20H,1-4H3;3-7,13H,1-2,8-9H2;1-5H3;/q;+1;;/p-1/b18-14+;;;. The number of rotatable bonds is 3. The van der Waals surface area contributed by atoms with Crippen molar-refractivity contribution in [2.45, 2.75) is 80.6 Å². The Balaban J connectivity index is 0.000000199. The molecular weight excluding hydrogens is 608 g/mol. The maximum Gasteiger partial charge on any atom is 0.187 e. The molecule has 2 saturated carbocycles. The van der Waals surface area contributed by atoms with Crippen molar-refractivity contribution >= 4 is 11.3 Å². The molecule has 5 heteroatoms. The fraction of sp³-hybridized carbons (Fsp3) is 0.341. The van der Waals surface area contributed by atoms with Crippen LogP contribution in [0.4, 0.5) is 0 Å². The summed E-state index contributed by atoms with van der Waals surface area (Å²) in [7, 11) is 0. The molecule has 2 aromatic rings. The van der Waals surface area contributed by atoms with Gasteiger partial charge in [-0.15, -0.1) is 0 Å². The molecule has 2 aromatic carbocycles. The first-order chi connectivity index (χ1) is 21.4. The number of para-hydroxylation sites is 1. The first-order valence-electron chi connectivity index (χ1n) is 16.1. The molecule has 1 N–H and O–H groups in total. The van der Waals surface area contributed by atoms with E-state index >= 15 is 0 Å². The Morgan fingerprint density at radius 3 is 1.89 bits per heavy atom. The fourth-order valence-corrected chi connectivity index (χ4v) is 5.87. The van der Waals surface area contributed by atoms with Gasteiger partial charge in [0, 0.05) is 47.9 Å². The minimum absolute atomic E-state index is 0. The largest absolute Gasteiger partial charge is 0.579 e. The van der Waals surface area contributed by atoms with E-state index in [0.29, 0.717) is 11.3 Å². The molecule has 10 radical (unpaired) electrons. The van der Waals surface area contributed by atoms with E-state index in [1.165, 1.54) is 73.2 Å². The van der Waals surface area contributed by atoms with Crippen LogP contribution in [-0.4, -0.2) is 23.4 Å². The summed E-state index contributed by atoms with van der Waals surface area (Å²) in [5.74, 6) is 9.02. The van der Waals surface area contributed by atoms with Crippen LogP contribution in [0, 0.1) is 60.8 Å². The van der Waals surface area contributed by atoms with Crippen molar-refractivity contribution in [3.63, 3.8) is 0 Å². The maximum atomic E-state index is 12.3. The Labute approximate surface area is 291 Å². The zero-order valence-electron chi connectivity index (χ0n) is 29.0. The fourth-order valence-electron chi connectivity index (χ4n) is 5.87. The van der Waals surface area contributed by atoms with Crippen molar-refractivity contribution < 1.29 is 31.5 Å². The SMILES string of the molecule is C/C(=C(/[O-])Oc1ccccc1C(C)(C)C)c1ccccc1.C[C]1[C](C)[C](C)[C](C)[C]1C.[CH]1[CH][C]2NC=CC(=[N+]3CCCC3)[C]2[CH]1.[Fe]. The van der Waals surface area contributed by atoms with Gasteiger partial charge in [-0.25, -0.2) is 4.58 Å². The van der Waals surface area contributed by atoms with E-state index in [0.717, 1.165) is 11.1 Å². The Bertz CT molecular complexity index is 1290. The molecule has 0 unspecified atom stereocenters. The van der Waals surface area contributed by atoms with Crippen molar-refractivity contribution in [1.29, 1.82) is 0 Å². The number of ether oxygens (including phenoxy) is 1. The number of fused-ring (bicyclic) bond motifs is 1. The number of allylic oxidation sites excluding steroid dienone is 2. The number of hydrogen-bond acceptors (Lipinski definition) is 3. The second-order valence-electron chi connectivity index (χ2n) is 13.2. The molecular formula is C41H50FeN2O2. The third-order valence-corrected chi connectivity index (χ3v) is 9.24. The van der Waals surface area contributed by atoms with E-state index in [2.05, 4.69) is 90.6 Å². The van der Waals surface area contributed by atoms with Gasteiger partial charge in [-0.1, -0.05) is 104 Å². The molecule has 2 aliphatic heterocycles. The Hall–Kier alpha value is -2.49. The van der Waals surface area contributed by atoms with Gasteiger partial charge in [-0.3, -0.25) is 0 Å². The van der Waals surface area contributed by atoms with Gasteiger partial charge in [-0.05, 0) is 84.0 Å². The van der Waals surface area contributed by atoms with Crippen molar-refractivity contribution in [2.24, 2.45) is 0 Å². The van der Waals surface area contributed by atoms with Crippen LogP contribution < -0.4 is 15.2 Å². The topological polar surface area (TPSA) is 47.3 Å². The maximum absolute atomic E-state index is 12.3. The average molecular weight is 659 g/mol. The molecule has 4 aliphatic rings. The summed E-state index contributed by atoms with van der Waals surface area (Å²) in [6, 6.07) is 18.5. The van der Waals surface area contributed by atoms with Crippen molar-refractivity contribution in [2.75, 3.05) is 13.1 Å². The average Bonchev–Trinajstić information content (AvgIpc) is 3.79. The monoisotopic (exact) mass is 658 g/mol. The molecule has 1 saturated heterocycles. The van der Waals surface area contributed by atoms with E-state index in [4.69, 9.17) is 4.74 Å². The van der Waals surface area contributed by atoms with Gasteiger partial charge in [0.1, 0.15) is 19.0 Å². The van der Waals surface area contributed by atoms with Gasteiger partial charge < -0.3 is 15.2 Å². The van der Waals surface area contributed by atoms with Crippen LogP contribution in [0.5, 0.6) is 5.75 Å².